The number of rotatable bonds is 6. The summed E-state index contributed by atoms with van der Waals surface area (Å²) in [5, 5.41) is 0. The molecule has 29 heavy (non-hydrogen) atoms. The lowest BCUT2D eigenvalue weighted by molar-refractivity contribution is 0.413. The number of hydrogen-bond donors (Lipinski definition) is 1. The number of nitrogens with zero attached hydrogens (tertiary/aromatic N) is 2. The van der Waals surface area contributed by atoms with Gasteiger partial charge in [-0.15, -0.1) is 0 Å². The van der Waals surface area contributed by atoms with Gasteiger partial charge in [-0.3, -0.25) is 4.72 Å². The summed E-state index contributed by atoms with van der Waals surface area (Å²) in [5.74, 6) is 1.30. The first-order chi connectivity index (χ1) is 14.0. The average Bonchev–Trinajstić information content (AvgIpc) is 3.19. The van der Waals surface area contributed by atoms with E-state index in [2.05, 4.69) is 14.7 Å². The van der Waals surface area contributed by atoms with Crippen LogP contribution in [0.25, 0.3) is 22.7 Å². The molecule has 1 N–H and O–H groups in total. The Morgan fingerprint density at radius 2 is 1.76 bits per heavy atom. The van der Waals surface area contributed by atoms with Crippen molar-refractivity contribution in [3.05, 3.63) is 60.8 Å². The van der Waals surface area contributed by atoms with Gasteiger partial charge in [-0.05, 0) is 48.5 Å². The van der Waals surface area contributed by atoms with Crippen LogP contribution in [0.4, 0.5) is 5.69 Å². The number of anilines is 1. The van der Waals surface area contributed by atoms with Gasteiger partial charge in [-0.2, -0.15) is 0 Å². The second-order valence-corrected chi connectivity index (χ2v) is 7.69. The van der Waals surface area contributed by atoms with E-state index in [1.807, 2.05) is 0 Å². The number of oxazole rings is 1. The molecule has 0 saturated heterocycles. The fourth-order valence-electron chi connectivity index (χ4n) is 2.81. The molecule has 0 atom stereocenters. The molecule has 0 fully saturated rings. The lowest BCUT2D eigenvalue weighted by Crippen LogP contribution is -2.13. The van der Waals surface area contributed by atoms with Crippen molar-refractivity contribution in [1.29, 1.82) is 0 Å². The molecule has 0 aliphatic heterocycles. The summed E-state index contributed by atoms with van der Waals surface area (Å²) < 4.78 is 44.3. The molecule has 4 aromatic rings. The topological polar surface area (TPSA) is 104 Å². The maximum absolute atomic E-state index is 12.8. The maximum atomic E-state index is 12.8. The van der Waals surface area contributed by atoms with Crippen LogP contribution in [0.5, 0.6) is 11.5 Å². The minimum atomic E-state index is -3.83. The number of sulfonamides is 1. The molecule has 2 heterocycles. The third kappa shape index (κ3) is 3.59. The van der Waals surface area contributed by atoms with Gasteiger partial charge in [0.1, 0.15) is 17.0 Å². The number of ether oxygens (including phenoxy) is 2. The lowest BCUT2D eigenvalue weighted by Gasteiger charge is -2.08. The van der Waals surface area contributed by atoms with Crippen LogP contribution in [-0.2, 0) is 10.0 Å². The molecule has 2 aromatic heterocycles. The summed E-state index contributed by atoms with van der Waals surface area (Å²) in [6.07, 6.45) is 1.60. The summed E-state index contributed by atoms with van der Waals surface area (Å²) in [5.41, 5.74) is 1.51. The van der Waals surface area contributed by atoms with E-state index < -0.39 is 10.0 Å². The molecule has 8 nitrogen and oxygen atoms in total. The van der Waals surface area contributed by atoms with Crippen molar-refractivity contribution in [3.8, 4) is 23.1 Å². The number of pyridine rings is 1. The SMILES string of the molecule is COc1ccc(S(=O)(=O)Nc2cccc3oc(-c4ncccc4OC)nc23)cc1. The second kappa shape index (κ2) is 7.44. The Kier molecular flexibility index (Phi) is 4.81. The number of hydrogen-bond acceptors (Lipinski definition) is 7. The highest BCUT2D eigenvalue weighted by Gasteiger charge is 2.20. The zero-order chi connectivity index (χ0) is 20.4. The van der Waals surface area contributed by atoms with Gasteiger partial charge in [-0.25, -0.2) is 18.4 Å². The van der Waals surface area contributed by atoms with Gasteiger partial charge in [0, 0.05) is 6.20 Å². The van der Waals surface area contributed by atoms with E-state index in [1.165, 1.54) is 26.4 Å². The van der Waals surface area contributed by atoms with E-state index in [4.69, 9.17) is 13.9 Å². The average molecular weight is 411 g/mol. The third-order valence-corrected chi connectivity index (χ3v) is 5.61. The summed E-state index contributed by atoms with van der Waals surface area (Å²) in [4.78, 5) is 8.79. The largest absolute Gasteiger partial charge is 0.497 e. The molecule has 0 aliphatic carbocycles. The number of aromatic nitrogens is 2. The van der Waals surface area contributed by atoms with E-state index in [1.54, 1.807) is 48.7 Å². The van der Waals surface area contributed by atoms with Gasteiger partial charge in [0.15, 0.2) is 11.3 Å². The van der Waals surface area contributed by atoms with Crippen LogP contribution >= 0.6 is 0 Å². The van der Waals surface area contributed by atoms with Gasteiger partial charge in [0.05, 0.1) is 24.8 Å². The lowest BCUT2D eigenvalue weighted by atomic mass is 10.3. The van der Waals surface area contributed by atoms with Crippen LogP contribution in [0.15, 0.2) is 70.1 Å². The van der Waals surface area contributed by atoms with Crippen LogP contribution in [0.3, 0.4) is 0 Å². The maximum Gasteiger partial charge on any atom is 0.261 e. The number of nitrogens with one attached hydrogen (secondary N) is 1. The van der Waals surface area contributed by atoms with Crippen molar-refractivity contribution in [3.63, 3.8) is 0 Å². The predicted molar refractivity (Wildman–Crippen MR) is 108 cm³/mol. The third-order valence-electron chi connectivity index (χ3n) is 4.23. The molecule has 0 spiro atoms. The van der Waals surface area contributed by atoms with Crippen LogP contribution in [-0.4, -0.2) is 32.6 Å². The summed E-state index contributed by atoms with van der Waals surface area (Å²) in [7, 11) is -0.785. The molecule has 148 valence electrons. The summed E-state index contributed by atoms with van der Waals surface area (Å²) >= 11 is 0. The van der Waals surface area contributed by atoms with Crippen LogP contribution in [0, 0.1) is 0 Å². The van der Waals surface area contributed by atoms with E-state index in [0.29, 0.717) is 34.0 Å². The van der Waals surface area contributed by atoms with E-state index in [-0.39, 0.29) is 10.8 Å². The Balaban J connectivity index is 1.74. The van der Waals surface area contributed by atoms with E-state index in [0.717, 1.165) is 0 Å². The van der Waals surface area contributed by atoms with Crippen molar-refractivity contribution in [1.82, 2.24) is 9.97 Å². The Bertz CT molecular complexity index is 1270. The molecule has 0 aliphatic rings. The number of fused-ring (bicyclic) bond motifs is 1. The van der Waals surface area contributed by atoms with Crippen LogP contribution in [0.2, 0.25) is 0 Å². The van der Waals surface area contributed by atoms with Gasteiger partial charge >= 0.3 is 0 Å². The molecular weight excluding hydrogens is 394 g/mol. The molecule has 0 radical (unpaired) electrons. The first kappa shape index (κ1) is 18.8. The van der Waals surface area contributed by atoms with Gasteiger partial charge in [0.25, 0.3) is 10.0 Å². The minimum absolute atomic E-state index is 0.102. The molecule has 0 bridgehead atoms. The fourth-order valence-corrected chi connectivity index (χ4v) is 3.87. The molecule has 2 aromatic carbocycles. The van der Waals surface area contributed by atoms with Crippen molar-refractivity contribution in [2.24, 2.45) is 0 Å². The number of benzene rings is 2. The number of methoxy groups -OCH3 is 2. The normalized spacial score (nSPS) is 11.4. The first-order valence-corrected chi connectivity index (χ1v) is 10.1. The highest BCUT2D eigenvalue weighted by molar-refractivity contribution is 7.92. The fraction of sp³-hybridized carbons (Fsp3) is 0.100. The first-order valence-electron chi connectivity index (χ1n) is 8.57. The van der Waals surface area contributed by atoms with Gasteiger partial charge in [0.2, 0.25) is 5.89 Å². The quantitative estimate of drug-likeness (QED) is 0.516. The molecular formula is C20H17N3O5S. The molecule has 0 saturated carbocycles. The standard InChI is InChI=1S/C20H17N3O5S/c1-26-13-8-10-14(11-9-13)29(24,25)23-15-5-3-6-17-18(15)22-20(28-17)19-16(27-2)7-4-12-21-19/h3-12,23H,1-2H3. The van der Waals surface area contributed by atoms with Crippen molar-refractivity contribution < 1.29 is 22.3 Å². The Hall–Kier alpha value is -3.59. The summed E-state index contributed by atoms with van der Waals surface area (Å²) in [6, 6.07) is 14.6. The zero-order valence-electron chi connectivity index (χ0n) is 15.6. The molecule has 9 heteroatoms. The van der Waals surface area contributed by atoms with Gasteiger partial charge < -0.3 is 13.9 Å². The smallest absolute Gasteiger partial charge is 0.261 e. The highest BCUT2D eigenvalue weighted by Crippen LogP contribution is 2.33. The number of para-hydroxylation sites is 1. The Labute approximate surface area is 167 Å². The minimum Gasteiger partial charge on any atom is -0.497 e. The van der Waals surface area contributed by atoms with Crippen molar-refractivity contribution in [2.75, 3.05) is 18.9 Å². The predicted octanol–water partition coefficient (Wildman–Crippen LogP) is 3.71. The summed E-state index contributed by atoms with van der Waals surface area (Å²) in [6.45, 7) is 0. The van der Waals surface area contributed by atoms with Crippen molar-refractivity contribution >= 4 is 26.8 Å². The molecule has 0 unspecified atom stereocenters. The Morgan fingerprint density at radius 1 is 0.966 bits per heavy atom. The molecule has 0 amide bonds. The van der Waals surface area contributed by atoms with Crippen LogP contribution in [0.1, 0.15) is 0 Å². The Morgan fingerprint density at radius 3 is 2.48 bits per heavy atom. The second-order valence-electron chi connectivity index (χ2n) is 6.01. The van der Waals surface area contributed by atoms with Gasteiger partial charge in [-0.1, -0.05) is 6.07 Å². The monoisotopic (exact) mass is 411 g/mol. The van der Waals surface area contributed by atoms with E-state index >= 15 is 0 Å². The molecule has 4 rings (SSSR count). The van der Waals surface area contributed by atoms with E-state index in [9.17, 15) is 8.42 Å². The zero-order valence-corrected chi connectivity index (χ0v) is 16.4. The van der Waals surface area contributed by atoms with Crippen LogP contribution < -0.4 is 14.2 Å². The highest BCUT2D eigenvalue weighted by atomic mass is 32.2. The van der Waals surface area contributed by atoms with Crippen molar-refractivity contribution in [2.45, 2.75) is 4.90 Å².